The van der Waals surface area contributed by atoms with E-state index < -0.39 is 0 Å². The van der Waals surface area contributed by atoms with Gasteiger partial charge in [-0.3, -0.25) is 9.80 Å². The lowest BCUT2D eigenvalue weighted by molar-refractivity contribution is -0.138. The van der Waals surface area contributed by atoms with Gasteiger partial charge in [0.2, 0.25) is 5.89 Å². The first-order chi connectivity index (χ1) is 13.5. The van der Waals surface area contributed by atoms with Gasteiger partial charge in [-0.2, -0.15) is 4.98 Å². The van der Waals surface area contributed by atoms with Crippen LogP contribution in [0.25, 0.3) is 0 Å². The van der Waals surface area contributed by atoms with E-state index in [1.807, 2.05) is 13.8 Å². The number of amides is 2. The summed E-state index contributed by atoms with van der Waals surface area (Å²) < 4.78 is 10.4. The first-order valence-corrected chi connectivity index (χ1v) is 9.67. The van der Waals surface area contributed by atoms with Crippen LogP contribution in [0.15, 0.2) is 15.8 Å². The van der Waals surface area contributed by atoms with Gasteiger partial charge in [0.25, 0.3) is 0 Å². The van der Waals surface area contributed by atoms with E-state index in [4.69, 9.17) is 9.26 Å². The molecule has 0 bridgehead atoms. The molecule has 10 nitrogen and oxygen atoms in total. The molecule has 0 aliphatic carbocycles. The van der Waals surface area contributed by atoms with Gasteiger partial charge in [0.05, 0.1) is 25.3 Å². The molecule has 1 aromatic rings. The lowest BCUT2D eigenvalue weighted by Gasteiger charge is -2.35. The van der Waals surface area contributed by atoms with E-state index in [0.29, 0.717) is 36.9 Å². The average molecular weight is 392 g/mol. The molecule has 0 unspecified atom stereocenters. The minimum Gasteiger partial charge on any atom is -0.463 e. The van der Waals surface area contributed by atoms with Crippen molar-refractivity contribution in [2.24, 2.45) is 0 Å². The van der Waals surface area contributed by atoms with Crippen molar-refractivity contribution in [3.05, 3.63) is 23.0 Å². The van der Waals surface area contributed by atoms with E-state index in [2.05, 4.69) is 30.6 Å². The molecule has 1 fully saturated rings. The number of rotatable bonds is 7. The first-order valence-electron chi connectivity index (χ1n) is 9.67. The Morgan fingerprint density at radius 2 is 1.89 bits per heavy atom. The number of hydrogen-bond acceptors (Lipinski definition) is 8. The van der Waals surface area contributed by atoms with E-state index in [-0.39, 0.29) is 24.5 Å². The fraction of sp³-hybridized carbons (Fsp3) is 0.667. The summed E-state index contributed by atoms with van der Waals surface area (Å²) in [5.74, 6) is 1.22. The fourth-order valence-corrected chi connectivity index (χ4v) is 3.17. The molecule has 2 amide bonds. The van der Waals surface area contributed by atoms with Gasteiger partial charge in [-0.15, -0.1) is 0 Å². The van der Waals surface area contributed by atoms with Crippen LogP contribution in [0, 0.1) is 0 Å². The Morgan fingerprint density at radius 1 is 1.21 bits per heavy atom. The molecule has 0 aromatic carbocycles. The van der Waals surface area contributed by atoms with Gasteiger partial charge < -0.3 is 19.9 Å². The highest BCUT2D eigenvalue weighted by atomic mass is 16.5. The maximum Gasteiger partial charge on any atom is 0.337 e. The Bertz CT molecular complexity index is 736. The number of esters is 1. The summed E-state index contributed by atoms with van der Waals surface area (Å²) in [7, 11) is 0. The lowest BCUT2D eigenvalue weighted by Crippen LogP contribution is -2.50. The van der Waals surface area contributed by atoms with Gasteiger partial charge in [0.1, 0.15) is 0 Å². The number of piperazine rings is 1. The predicted octanol–water partition coefficient (Wildman–Crippen LogP) is 0.441. The predicted molar refractivity (Wildman–Crippen MR) is 100 cm³/mol. The van der Waals surface area contributed by atoms with Crippen molar-refractivity contribution in [3.63, 3.8) is 0 Å². The van der Waals surface area contributed by atoms with Gasteiger partial charge in [0.15, 0.2) is 5.82 Å². The molecule has 0 atom stereocenters. The third kappa shape index (κ3) is 5.08. The lowest BCUT2D eigenvalue weighted by atomic mass is 10.1. The highest BCUT2D eigenvalue weighted by Gasteiger charge is 2.27. The topological polar surface area (TPSA) is 113 Å². The minimum atomic E-state index is -0.388. The molecule has 2 aliphatic rings. The summed E-state index contributed by atoms with van der Waals surface area (Å²) in [5, 5.41) is 9.38. The van der Waals surface area contributed by atoms with Crippen LogP contribution >= 0.6 is 0 Å². The third-order valence-corrected chi connectivity index (χ3v) is 4.78. The second-order valence-corrected chi connectivity index (χ2v) is 7.24. The zero-order valence-corrected chi connectivity index (χ0v) is 16.7. The maximum absolute atomic E-state index is 12.1. The number of carbonyl (C=O) groups excluding carboxylic acids is 2. The van der Waals surface area contributed by atoms with Crippen LogP contribution in [0.1, 0.15) is 38.4 Å². The van der Waals surface area contributed by atoms with Crippen molar-refractivity contribution in [3.8, 4) is 0 Å². The first kappa shape index (κ1) is 20.3. The second-order valence-electron chi connectivity index (χ2n) is 7.24. The molecule has 0 spiro atoms. The molecule has 10 heteroatoms. The number of ether oxygens (including phenoxy) is 1. The van der Waals surface area contributed by atoms with Crippen molar-refractivity contribution < 1.29 is 18.8 Å². The van der Waals surface area contributed by atoms with Gasteiger partial charge >= 0.3 is 12.0 Å². The summed E-state index contributed by atoms with van der Waals surface area (Å²) in [4.78, 5) is 32.7. The van der Waals surface area contributed by atoms with Crippen LogP contribution in [-0.2, 0) is 16.1 Å². The van der Waals surface area contributed by atoms with Gasteiger partial charge in [-0.25, -0.2) is 9.59 Å². The Kier molecular flexibility index (Phi) is 6.63. The monoisotopic (exact) mass is 392 g/mol. The summed E-state index contributed by atoms with van der Waals surface area (Å²) in [5.41, 5.74) is 1.10. The number of aromatic nitrogens is 2. The molecule has 0 radical (unpaired) electrons. The number of urea groups is 1. The third-order valence-electron chi connectivity index (χ3n) is 4.78. The normalized spacial score (nSPS) is 18.9. The van der Waals surface area contributed by atoms with Gasteiger partial charge in [0, 0.05) is 44.3 Å². The van der Waals surface area contributed by atoms with Crippen LogP contribution < -0.4 is 10.6 Å². The molecule has 3 rings (SSSR count). The molecule has 2 aliphatic heterocycles. The Hall–Kier alpha value is -2.46. The quantitative estimate of drug-likeness (QED) is 0.643. The van der Waals surface area contributed by atoms with Crippen LogP contribution in [0.3, 0.4) is 0 Å². The van der Waals surface area contributed by atoms with Crippen LogP contribution in [0.5, 0.6) is 0 Å². The molecular weight excluding hydrogens is 364 g/mol. The molecule has 28 heavy (non-hydrogen) atoms. The Labute approximate surface area is 164 Å². The molecular formula is C18H28N6O4. The summed E-state index contributed by atoms with van der Waals surface area (Å²) in [6.45, 7) is 10.8. The molecule has 1 aromatic heterocycles. The Morgan fingerprint density at radius 3 is 2.50 bits per heavy atom. The number of carbonyl (C=O) groups is 2. The minimum absolute atomic E-state index is 0.190. The van der Waals surface area contributed by atoms with E-state index >= 15 is 0 Å². The zero-order valence-electron chi connectivity index (χ0n) is 16.7. The van der Waals surface area contributed by atoms with Crippen molar-refractivity contribution in [1.29, 1.82) is 0 Å². The highest BCUT2D eigenvalue weighted by Crippen LogP contribution is 2.14. The highest BCUT2D eigenvalue weighted by molar-refractivity contribution is 5.93. The van der Waals surface area contributed by atoms with Crippen molar-refractivity contribution in [2.45, 2.75) is 33.2 Å². The SMILES string of the molecule is CCOC(=O)C1=C(CN2CCN(Cc3nc(C(C)C)no3)CC2)NC(=O)NC1. The van der Waals surface area contributed by atoms with Crippen LogP contribution in [0.2, 0.25) is 0 Å². The number of nitrogens with one attached hydrogen (secondary N) is 2. The van der Waals surface area contributed by atoms with Crippen LogP contribution in [-0.4, -0.2) is 77.8 Å². The zero-order chi connectivity index (χ0) is 20.1. The number of hydrogen-bond donors (Lipinski definition) is 2. The molecule has 2 N–H and O–H groups in total. The van der Waals surface area contributed by atoms with E-state index in [1.54, 1.807) is 6.92 Å². The standard InChI is InChI=1S/C18H28N6O4/c1-4-27-17(25)13-9-19-18(26)20-14(13)10-23-5-7-24(8-6-23)11-15-21-16(12(2)3)22-28-15/h12H,4-11H2,1-3H3,(H2,19,20,26). The van der Waals surface area contributed by atoms with Crippen molar-refractivity contribution >= 4 is 12.0 Å². The van der Waals surface area contributed by atoms with Gasteiger partial charge in [-0.05, 0) is 6.92 Å². The summed E-state index contributed by atoms with van der Waals surface area (Å²) >= 11 is 0. The van der Waals surface area contributed by atoms with Crippen molar-refractivity contribution in [2.75, 3.05) is 45.9 Å². The van der Waals surface area contributed by atoms with Crippen LogP contribution in [0.4, 0.5) is 4.79 Å². The van der Waals surface area contributed by atoms with E-state index in [1.165, 1.54) is 0 Å². The van der Waals surface area contributed by atoms with Gasteiger partial charge in [-0.1, -0.05) is 19.0 Å². The van der Waals surface area contributed by atoms with E-state index in [0.717, 1.165) is 32.0 Å². The average Bonchev–Trinajstić information content (AvgIpc) is 3.12. The number of nitrogens with zero attached hydrogens (tertiary/aromatic N) is 4. The summed E-state index contributed by atoms with van der Waals surface area (Å²) in [6, 6.07) is -0.293. The molecule has 3 heterocycles. The van der Waals surface area contributed by atoms with Crippen molar-refractivity contribution in [1.82, 2.24) is 30.6 Å². The van der Waals surface area contributed by atoms with E-state index in [9.17, 15) is 9.59 Å². The Balaban J connectivity index is 1.54. The smallest absolute Gasteiger partial charge is 0.337 e. The molecule has 1 saturated heterocycles. The maximum atomic E-state index is 12.1. The molecule has 0 saturated carbocycles. The second kappa shape index (κ2) is 9.16. The summed E-state index contributed by atoms with van der Waals surface area (Å²) in [6.07, 6.45) is 0. The fourth-order valence-electron chi connectivity index (χ4n) is 3.17. The molecule has 154 valence electrons. The largest absolute Gasteiger partial charge is 0.463 e.